The number of hydrogen-bond acceptors (Lipinski definition) is 2. The fourth-order valence-electron chi connectivity index (χ4n) is 1.98. The zero-order valence-electron chi connectivity index (χ0n) is 10.2. The molecule has 0 spiro atoms. The average Bonchev–Trinajstić information content (AvgIpc) is 2.58. The Morgan fingerprint density at radius 2 is 2.21 bits per heavy atom. The molecule has 1 aromatic rings. The van der Waals surface area contributed by atoms with Gasteiger partial charge in [-0.2, -0.15) is 0 Å². The molecule has 1 fully saturated rings. The minimum absolute atomic E-state index is 0.182. The molecule has 4 nitrogen and oxygen atoms in total. The van der Waals surface area contributed by atoms with Gasteiger partial charge >= 0.3 is 0 Å². The molecule has 0 saturated carbocycles. The van der Waals surface area contributed by atoms with Crippen molar-refractivity contribution in [2.45, 2.75) is 25.3 Å². The van der Waals surface area contributed by atoms with Gasteiger partial charge < -0.3 is 10.6 Å². The zero-order valence-corrected chi connectivity index (χ0v) is 11.8. The van der Waals surface area contributed by atoms with Gasteiger partial charge in [0, 0.05) is 11.0 Å². The highest BCUT2D eigenvalue weighted by Gasteiger charge is 2.23. The summed E-state index contributed by atoms with van der Waals surface area (Å²) < 4.78 is 13.6. The molecular weight excluding hydrogens is 315 g/mol. The molecule has 0 radical (unpaired) electrons. The van der Waals surface area contributed by atoms with Crippen molar-refractivity contribution in [2.24, 2.45) is 0 Å². The summed E-state index contributed by atoms with van der Waals surface area (Å²) in [6.45, 7) is 0.634. The van der Waals surface area contributed by atoms with Gasteiger partial charge in [0.1, 0.15) is 11.9 Å². The molecule has 2 rings (SSSR count). The Hall–Kier alpha value is -1.43. The lowest BCUT2D eigenvalue weighted by atomic mass is 10.1. The first-order chi connectivity index (χ1) is 9.08. The molecule has 1 aliphatic heterocycles. The standard InChI is InChI=1S/C13H14BrFN2O2/c14-10-5-4-8(15)7-9(10)12(18)17-11-3-1-2-6-16-13(11)19/h4-5,7,11H,1-3,6H2,(H,16,19)(H,17,18). The topological polar surface area (TPSA) is 58.2 Å². The lowest BCUT2D eigenvalue weighted by Crippen LogP contribution is -2.45. The molecule has 0 aromatic heterocycles. The second kappa shape index (κ2) is 6.14. The van der Waals surface area contributed by atoms with Crippen LogP contribution in [0, 0.1) is 5.82 Å². The first-order valence-corrected chi connectivity index (χ1v) is 6.91. The summed E-state index contributed by atoms with van der Waals surface area (Å²) in [4.78, 5) is 23.8. The molecule has 19 heavy (non-hydrogen) atoms. The third-order valence-corrected chi connectivity index (χ3v) is 3.71. The molecule has 6 heteroatoms. The molecular formula is C13H14BrFN2O2. The lowest BCUT2D eigenvalue weighted by Gasteiger charge is -2.15. The van der Waals surface area contributed by atoms with Gasteiger partial charge in [0.15, 0.2) is 0 Å². The Morgan fingerprint density at radius 3 is 3.00 bits per heavy atom. The maximum Gasteiger partial charge on any atom is 0.253 e. The van der Waals surface area contributed by atoms with Gasteiger partial charge in [-0.05, 0) is 53.4 Å². The first-order valence-electron chi connectivity index (χ1n) is 6.11. The van der Waals surface area contributed by atoms with Crippen molar-refractivity contribution >= 4 is 27.7 Å². The Labute approximate surface area is 118 Å². The number of carbonyl (C=O) groups excluding carboxylic acids is 2. The van der Waals surface area contributed by atoms with Crippen LogP contribution in [0.4, 0.5) is 4.39 Å². The molecule has 102 valence electrons. The fourth-order valence-corrected chi connectivity index (χ4v) is 2.41. The van der Waals surface area contributed by atoms with Crippen LogP contribution in [0.1, 0.15) is 29.6 Å². The number of hydrogen-bond donors (Lipinski definition) is 2. The van der Waals surface area contributed by atoms with Crippen LogP contribution in [0.25, 0.3) is 0 Å². The molecule has 0 bridgehead atoms. The van der Waals surface area contributed by atoms with E-state index in [0.717, 1.165) is 18.9 Å². The van der Waals surface area contributed by atoms with Crippen LogP contribution in [-0.2, 0) is 4.79 Å². The minimum atomic E-state index is -0.551. The van der Waals surface area contributed by atoms with Crippen LogP contribution < -0.4 is 10.6 Å². The Bertz CT molecular complexity index is 507. The van der Waals surface area contributed by atoms with E-state index in [-0.39, 0.29) is 11.5 Å². The monoisotopic (exact) mass is 328 g/mol. The van der Waals surface area contributed by atoms with Gasteiger partial charge in [0.25, 0.3) is 5.91 Å². The highest BCUT2D eigenvalue weighted by atomic mass is 79.9. The fraction of sp³-hybridized carbons (Fsp3) is 0.385. The van der Waals surface area contributed by atoms with E-state index < -0.39 is 17.8 Å². The molecule has 2 N–H and O–H groups in total. The predicted molar refractivity (Wildman–Crippen MR) is 72.2 cm³/mol. The van der Waals surface area contributed by atoms with Crippen molar-refractivity contribution < 1.29 is 14.0 Å². The summed E-state index contributed by atoms with van der Waals surface area (Å²) in [6, 6.07) is 3.33. The Morgan fingerprint density at radius 1 is 1.42 bits per heavy atom. The predicted octanol–water partition coefficient (Wildman–Crippen LogP) is 1.99. The van der Waals surface area contributed by atoms with Crippen molar-refractivity contribution in [3.63, 3.8) is 0 Å². The summed E-state index contributed by atoms with van der Waals surface area (Å²) in [5, 5.41) is 5.38. The number of halogens is 2. The summed E-state index contributed by atoms with van der Waals surface area (Å²) in [7, 11) is 0. The van der Waals surface area contributed by atoms with E-state index in [4.69, 9.17) is 0 Å². The Balaban J connectivity index is 2.11. The van der Waals surface area contributed by atoms with Crippen molar-refractivity contribution in [1.29, 1.82) is 0 Å². The van der Waals surface area contributed by atoms with E-state index in [1.54, 1.807) is 0 Å². The summed E-state index contributed by atoms with van der Waals surface area (Å²) in [6.07, 6.45) is 2.38. The number of nitrogens with one attached hydrogen (secondary N) is 2. The summed E-state index contributed by atoms with van der Waals surface area (Å²) in [5.74, 6) is -1.12. The van der Waals surface area contributed by atoms with Crippen molar-refractivity contribution in [3.8, 4) is 0 Å². The molecule has 2 amide bonds. The first kappa shape index (κ1) is 14.0. The van der Waals surface area contributed by atoms with Crippen LogP contribution in [0.15, 0.2) is 22.7 Å². The SMILES string of the molecule is O=C(NC1CCCCNC1=O)c1cc(F)ccc1Br. The number of rotatable bonds is 2. The van der Waals surface area contributed by atoms with Crippen LogP contribution >= 0.6 is 15.9 Å². The molecule has 1 heterocycles. The summed E-state index contributed by atoms with van der Waals surface area (Å²) in [5.41, 5.74) is 0.192. The number of carbonyl (C=O) groups is 2. The summed E-state index contributed by atoms with van der Waals surface area (Å²) >= 11 is 3.20. The molecule has 1 saturated heterocycles. The lowest BCUT2D eigenvalue weighted by molar-refractivity contribution is -0.122. The molecule has 1 atom stereocenters. The second-order valence-corrected chi connectivity index (χ2v) is 5.29. The molecule has 1 aromatic carbocycles. The normalized spacial score (nSPS) is 19.5. The van der Waals surface area contributed by atoms with Crippen molar-refractivity contribution in [3.05, 3.63) is 34.1 Å². The van der Waals surface area contributed by atoms with Gasteiger partial charge in [0.05, 0.1) is 5.56 Å². The molecule has 1 unspecified atom stereocenters. The highest BCUT2D eigenvalue weighted by Crippen LogP contribution is 2.18. The van der Waals surface area contributed by atoms with Crippen molar-refractivity contribution in [1.82, 2.24) is 10.6 Å². The van der Waals surface area contributed by atoms with Gasteiger partial charge in [-0.15, -0.1) is 0 Å². The maximum absolute atomic E-state index is 13.1. The van der Waals surface area contributed by atoms with Crippen LogP contribution in [0.5, 0.6) is 0 Å². The third-order valence-electron chi connectivity index (χ3n) is 3.01. The van der Waals surface area contributed by atoms with Crippen molar-refractivity contribution in [2.75, 3.05) is 6.54 Å². The Kier molecular flexibility index (Phi) is 4.52. The van der Waals surface area contributed by atoms with E-state index in [1.165, 1.54) is 12.1 Å². The molecule has 0 aliphatic carbocycles. The molecule has 1 aliphatic rings. The van der Waals surface area contributed by atoms with Gasteiger partial charge in [-0.25, -0.2) is 4.39 Å². The third kappa shape index (κ3) is 3.53. The largest absolute Gasteiger partial charge is 0.354 e. The maximum atomic E-state index is 13.1. The van der Waals surface area contributed by atoms with E-state index in [0.29, 0.717) is 17.4 Å². The quantitative estimate of drug-likeness (QED) is 0.872. The number of benzene rings is 1. The van der Waals surface area contributed by atoms with Gasteiger partial charge in [0.2, 0.25) is 5.91 Å². The smallest absolute Gasteiger partial charge is 0.253 e. The van der Waals surface area contributed by atoms with E-state index >= 15 is 0 Å². The highest BCUT2D eigenvalue weighted by molar-refractivity contribution is 9.10. The van der Waals surface area contributed by atoms with Crippen LogP contribution in [-0.4, -0.2) is 24.4 Å². The van der Waals surface area contributed by atoms with E-state index in [9.17, 15) is 14.0 Å². The van der Waals surface area contributed by atoms with Crippen LogP contribution in [0.3, 0.4) is 0 Å². The van der Waals surface area contributed by atoms with Crippen LogP contribution in [0.2, 0.25) is 0 Å². The van der Waals surface area contributed by atoms with Gasteiger partial charge in [-0.1, -0.05) is 0 Å². The van der Waals surface area contributed by atoms with Gasteiger partial charge in [-0.3, -0.25) is 9.59 Å². The van der Waals surface area contributed by atoms with E-state index in [1.807, 2.05) is 0 Å². The second-order valence-electron chi connectivity index (χ2n) is 4.44. The zero-order chi connectivity index (χ0) is 13.8. The minimum Gasteiger partial charge on any atom is -0.354 e. The average molecular weight is 329 g/mol. The van der Waals surface area contributed by atoms with E-state index in [2.05, 4.69) is 26.6 Å². The number of amides is 2.